The van der Waals surface area contributed by atoms with E-state index < -0.39 is 0 Å². The summed E-state index contributed by atoms with van der Waals surface area (Å²) in [5.41, 5.74) is 1.33. The molecule has 1 N–H and O–H groups in total. The average Bonchev–Trinajstić information content (AvgIpc) is 3.36. The van der Waals surface area contributed by atoms with E-state index in [2.05, 4.69) is 58.2 Å². The van der Waals surface area contributed by atoms with Gasteiger partial charge in [0.25, 0.3) is 0 Å². The standard InChI is InChI=1S/C22H36N4O/c1-18(2)17-27-21-8-6-19(7-9-21)10-12-24-22(23-3)26-15-11-20(16-26)25-13-4-5-14-25/h6-9,18,20H,4-5,10-17H2,1-3H3,(H,23,24). The Hall–Kier alpha value is -1.75. The number of ether oxygens (including phenoxy) is 1. The number of rotatable bonds is 7. The van der Waals surface area contributed by atoms with Gasteiger partial charge in [0.2, 0.25) is 0 Å². The predicted octanol–water partition coefficient (Wildman–Crippen LogP) is 3.01. The third-order valence-electron chi connectivity index (χ3n) is 5.54. The molecule has 5 heteroatoms. The lowest BCUT2D eigenvalue weighted by molar-refractivity contribution is 0.249. The van der Waals surface area contributed by atoms with Crippen LogP contribution in [0.3, 0.4) is 0 Å². The van der Waals surface area contributed by atoms with E-state index in [0.29, 0.717) is 12.0 Å². The van der Waals surface area contributed by atoms with Gasteiger partial charge in [-0.15, -0.1) is 0 Å². The maximum absolute atomic E-state index is 5.76. The maximum Gasteiger partial charge on any atom is 0.193 e. The second-order valence-corrected chi connectivity index (χ2v) is 8.20. The van der Waals surface area contributed by atoms with Crippen molar-refractivity contribution >= 4 is 5.96 Å². The van der Waals surface area contributed by atoms with E-state index in [1.807, 2.05) is 7.05 Å². The van der Waals surface area contributed by atoms with E-state index in [9.17, 15) is 0 Å². The molecule has 3 rings (SSSR count). The van der Waals surface area contributed by atoms with Crippen LogP contribution in [0.2, 0.25) is 0 Å². The van der Waals surface area contributed by atoms with Crippen LogP contribution in [0, 0.1) is 5.92 Å². The lowest BCUT2D eigenvalue weighted by Crippen LogP contribution is -2.43. The zero-order valence-electron chi connectivity index (χ0n) is 17.3. The minimum absolute atomic E-state index is 0.552. The molecule has 0 radical (unpaired) electrons. The monoisotopic (exact) mass is 372 g/mol. The zero-order valence-corrected chi connectivity index (χ0v) is 17.3. The smallest absolute Gasteiger partial charge is 0.193 e. The van der Waals surface area contributed by atoms with Crippen LogP contribution in [0.1, 0.15) is 38.7 Å². The van der Waals surface area contributed by atoms with Crippen LogP contribution >= 0.6 is 0 Å². The Morgan fingerprint density at radius 3 is 2.59 bits per heavy atom. The SMILES string of the molecule is CN=C(NCCc1ccc(OCC(C)C)cc1)N1CCC(N2CCCC2)C1. The van der Waals surface area contributed by atoms with Crippen LogP contribution < -0.4 is 10.1 Å². The Morgan fingerprint density at radius 2 is 1.93 bits per heavy atom. The van der Waals surface area contributed by atoms with Gasteiger partial charge in [0.15, 0.2) is 5.96 Å². The van der Waals surface area contributed by atoms with Crippen LogP contribution in [0.15, 0.2) is 29.3 Å². The maximum atomic E-state index is 5.76. The quantitative estimate of drug-likeness (QED) is 0.590. The van der Waals surface area contributed by atoms with Gasteiger partial charge >= 0.3 is 0 Å². The Morgan fingerprint density at radius 1 is 1.19 bits per heavy atom. The minimum atomic E-state index is 0.552. The molecule has 0 amide bonds. The van der Waals surface area contributed by atoms with E-state index in [0.717, 1.165) is 44.4 Å². The van der Waals surface area contributed by atoms with Crippen molar-refractivity contribution in [2.45, 2.75) is 45.6 Å². The molecule has 2 aliphatic rings. The summed E-state index contributed by atoms with van der Waals surface area (Å²) in [5, 5.41) is 3.55. The Balaban J connectivity index is 1.41. The summed E-state index contributed by atoms with van der Waals surface area (Å²) in [6, 6.07) is 9.20. The molecule has 0 saturated carbocycles. The minimum Gasteiger partial charge on any atom is -0.493 e. The van der Waals surface area contributed by atoms with Crippen LogP contribution in [-0.4, -0.2) is 68.2 Å². The largest absolute Gasteiger partial charge is 0.493 e. The molecule has 2 saturated heterocycles. The second kappa shape index (κ2) is 9.98. The first-order valence-electron chi connectivity index (χ1n) is 10.6. The second-order valence-electron chi connectivity index (χ2n) is 8.20. The molecular formula is C22H36N4O. The van der Waals surface area contributed by atoms with E-state index in [1.54, 1.807) is 0 Å². The lowest BCUT2D eigenvalue weighted by Gasteiger charge is -2.25. The molecule has 5 nitrogen and oxygen atoms in total. The lowest BCUT2D eigenvalue weighted by atomic mass is 10.1. The Labute approximate surface area is 164 Å². The summed E-state index contributed by atoms with van der Waals surface area (Å²) in [4.78, 5) is 9.60. The molecule has 1 aromatic carbocycles. The summed E-state index contributed by atoms with van der Waals surface area (Å²) in [6.45, 7) is 10.8. The molecule has 0 aliphatic carbocycles. The summed E-state index contributed by atoms with van der Waals surface area (Å²) in [5.74, 6) is 2.56. The fraction of sp³-hybridized carbons (Fsp3) is 0.682. The van der Waals surface area contributed by atoms with Crippen LogP contribution in [0.25, 0.3) is 0 Å². The van der Waals surface area contributed by atoms with Gasteiger partial charge in [0, 0.05) is 32.7 Å². The van der Waals surface area contributed by atoms with Crippen molar-refractivity contribution in [3.63, 3.8) is 0 Å². The number of hydrogen-bond acceptors (Lipinski definition) is 3. The molecule has 0 spiro atoms. The number of aliphatic imine (C=N–C) groups is 1. The predicted molar refractivity (Wildman–Crippen MR) is 113 cm³/mol. The first-order chi connectivity index (χ1) is 13.2. The average molecular weight is 373 g/mol. The van der Waals surface area contributed by atoms with Gasteiger partial charge in [0.1, 0.15) is 5.75 Å². The van der Waals surface area contributed by atoms with Crippen molar-refractivity contribution in [1.82, 2.24) is 15.1 Å². The topological polar surface area (TPSA) is 40.1 Å². The molecule has 2 fully saturated rings. The fourth-order valence-electron chi connectivity index (χ4n) is 4.01. The zero-order chi connectivity index (χ0) is 19.1. The van der Waals surface area contributed by atoms with Crippen molar-refractivity contribution in [2.75, 3.05) is 46.4 Å². The molecule has 27 heavy (non-hydrogen) atoms. The van der Waals surface area contributed by atoms with E-state index in [1.165, 1.54) is 37.9 Å². The van der Waals surface area contributed by atoms with Crippen molar-refractivity contribution < 1.29 is 4.74 Å². The van der Waals surface area contributed by atoms with Crippen molar-refractivity contribution in [3.05, 3.63) is 29.8 Å². The summed E-state index contributed by atoms with van der Waals surface area (Å²) >= 11 is 0. The summed E-state index contributed by atoms with van der Waals surface area (Å²) in [6.07, 6.45) is 4.99. The highest BCUT2D eigenvalue weighted by atomic mass is 16.5. The number of likely N-dealkylation sites (tertiary alicyclic amines) is 2. The molecule has 1 unspecified atom stereocenters. The number of hydrogen-bond donors (Lipinski definition) is 1. The summed E-state index contributed by atoms with van der Waals surface area (Å²) < 4.78 is 5.76. The number of nitrogens with zero attached hydrogens (tertiary/aromatic N) is 3. The van der Waals surface area contributed by atoms with Gasteiger partial charge in [-0.05, 0) is 62.4 Å². The third-order valence-corrected chi connectivity index (χ3v) is 5.54. The first kappa shape index (κ1) is 20.0. The number of guanidine groups is 1. The van der Waals surface area contributed by atoms with Crippen molar-refractivity contribution in [2.24, 2.45) is 10.9 Å². The van der Waals surface area contributed by atoms with Crippen molar-refractivity contribution in [1.29, 1.82) is 0 Å². The van der Waals surface area contributed by atoms with E-state index >= 15 is 0 Å². The van der Waals surface area contributed by atoms with Crippen LogP contribution in [-0.2, 0) is 6.42 Å². The van der Waals surface area contributed by atoms with Gasteiger partial charge in [-0.3, -0.25) is 9.89 Å². The van der Waals surface area contributed by atoms with Gasteiger partial charge < -0.3 is 15.0 Å². The van der Waals surface area contributed by atoms with Crippen LogP contribution in [0.5, 0.6) is 5.75 Å². The normalized spacial score (nSPS) is 21.3. The highest BCUT2D eigenvalue weighted by Crippen LogP contribution is 2.20. The van der Waals surface area contributed by atoms with Gasteiger partial charge in [0.05, 0.1) is 6.61 Å². The van der Waals surface area contributed by atoms with E-state index in [-0.39, 0.29) is 0 Å². The molecule has 0 aromatic heterocycles. The molecule has 150 valence electrons. The van der Waals surface area contributed by atoms with Gasteiger partial charge in [-0.2, -0.15) is 0 Å². The fourth-order valence-corrected chi connectivity index (χ4v) is 4.01. The number of nitrogens with one attached hydrogen (secondary N) is 1. The first-order valence-corrected chi connectivity index (χ1v) is 10.6. The third kappa shape index (κ3) is 5.86. The molecule has 1 atom stereocenters. The molecule has 2 aliphatic heterocycles. The molecular weight excluding hydrogens is 336 g/mol. The highest BCUT2D eigenvalue weighted by Gasteiger charge is 2.30. The highest BCUT2D eigenvalue weighted by molar-refractivity contribution is 5.80. The van der Waals surface area contributed by atoms with Gasteiger partial charge in [-0.25, -0.2) is 0 Å². The van der Waals surface area contributed by atoms with Crippen LogP contribution in [0.4, 0.5) is 0 Å². The Bertz CT molecular complexity index is 593. The molecule has 0 bridgehead atoms. The van der Waals surface area contributed by atoms with Gasteiger partial charge in [-0.1, -0.05) is 26.0 Å². The molecule has 1 aromatic rings. The van der Waals surface area contributed by atoms with E-state index in [4.69, 9.17) is 4.74 Å². The Kier molecular flexibility index (Phi) is 7.39. The number of benzene rings is 1. The molecule has 2 heterocycles. The summed E-state index contributed by atoms with van der Waals surface area (Å²) in [7, 11) is 1.90. The van der Waals surface area contributed by atoms with Crippen molar-refractivity contribution in [3.8, 4) is 5.75 Å².